The summed E-state index contributed by atoms with van der Waals surface area (Å²) in [6.45, 7) is 4.72. The Balaban J connectivity index is 1.68. The molecule has 1 rings (SSSR count). The first-order valence-electron chi connectivity index (χ1n) is 4.64. The lowest BCUT2D eigenvalue weighted by Gasteiger charge is -2.00. The number of hydrogen-bond donors (Lipinski definition) is 1. The van der Waals surface area contributed by atoms with Crippen molar-refractivity contribution >= 4 is 0 Å². The molecule has 0 atom stereocenters. The Morgan fingerprint density at radius 3 is 2.70 bits per heavy atom. The molecular formula is C9H19N. The van der Waals surface area contributed by atoms with Gasteiger partial charge in [0, 0.05) is 0 Å². The lowest BCUT2D eigenvalue weighted by Crippen LogP contribution is -2.16. The molecule has 0 unspecified atom stereocenters. The first kappa shape index (κ1) is 8.06. The van der Waals surface area contributed by atoms with Crippen molar-refractivity contribution in [2.45, 2.75) is 39.0 Å². The second-order valence-electron chi connectivity index (χ2n) is 3.34. The minimum Gasteiger partial charge on any atom is -0.317 e. The van der Waals surface area contributed by atoms with Crippen molar-refractivity contribution in [1.82, 2.24) is 5.32 Å². The van der Waals surface area contributed by atoms with Gasteiger partial charge in [0.15, 0.2) is 0 Å². The molecule has 0 amide bonds. The minimum absolute atomic E-state index is 1.09. The third-order valence-corrected chi connectivity index (χ3v) is 2.13. The smallest absolute Gasteiger partial charge is 0.00463 e. The highest BCUT2D eigenvalue weighted by Crippen LogP contribution is 2.31. The molecule has 1 fully saturated rings. The second-order valence-corrected chi connectivity index (χ2v) is 3.34. The van der Waals surface area contributed by atoms with Crippen LogP contribution >= 0.6 is 0 Å². The van der Waals surface area contributed by atoms with E-state index in [1.807, 2.05) is 0 Å². The van der Waals surface area contributed by atoms with Gasteiger partial charge in [-0.1, -0.05) is 26.2 Å². The zero-order chi connectivity index (χ0) is 7.23. The van der Waals surface area contributed by atoms with Crippen molar-refractivity contribution in [3.8, 4) is 0 Å². The van der Waals surface area contributed by atoms with E-state index in [2.05, 4.69) is 12.2 Å². The normalized spacial score (nSPS) is 17.7. The summed E-state index contributed by atoms with van der Waals surface area (Å²) >= 11 is 0. The zero-order valence-electron chi connectivity index (χ0n) is 7.03. The van der Waals surface area contributed by atoms with Gasteiger partial charge < -0.3 is 5.32 Å². The molecule has 0 aromatic heterocycles. The Morgan fingerprint density at radius 2 is 2.10 bits per heavy atom. The van der Waals surface area contributed by atoms with Crippen LogP contribution in [-0.2, 0) is 0 Å². The summed E-state index contributed by atoms with van der Waals surface area (Å²) in [7, 11) is 0. The Morgan fingerprint density at radius 1 is 1.30 bits per heavy atom. The van der Waals surface area contributed by atoms with E-state index in [-0.39, 0.29) is 0 Å². The van der Waals surface area contributed by atoms with E-state index in [0.29, 0.717) is 0 Å². The zero-order valence-corrected chi connectivity index (χ0v) is 7.03. The van der Waals surface area contributed by atoms with Gasteiger partial charge in [-0.25, -0.2) is 0 Å². The van der Waals surface area contributed by atoms with E-state index < -0.39 is 0 Å². The second kappa shape index (κ2) is 4.73. The molecule has 1 aliphatic rings. The minimum atomic E-state index is 1.09. The molecule has 0 spiro atoms. The van der Waals surface area contributed by atoms with Gasteiger partial charge in [-0.3, -0.25) is 0 Å². The molecule has 0 aromatic carbocycles. The maximum atomic E-state index is 3.46. The third kappa shape index (κ3) is 3.89. The molecule has 1 heteroatoms. The lowest BCUT2D eigenvalue weighted by molar-refractivity contribution is 0.591. The Kier molecular flexibility index (Phi) is 3.81. The van der Waals surface area contributed by atoms with Crippen molar-refractivity contribution < 1.29 is 0 Å². The summed E-state index contributed by atoms with van der Waals surface area (Å²) in [5.74, 6) is 1.09. The van der Waals surface area contributed by atoms with Crippen molar-refractivity contribution in [2.75, 3.05) is 13.1 Å². The maximum Gasteiger partial charge on any atom is -0.00463 e. The van der Waals surface area contributed by atoms with Crippen LogP contribution in [0.25, 0.3) is 0 Å². The van der Waals surface area contributed by atoms with Crippen LogP contribution in [0.4, 0.5) is 0 Å². The van der Waals surface area contributed by atoms with Gasteiger partial charge in [0.05, 0.1) is 0 Å². The van der Waals surface area contributed by atoms with E-state index in [1.54, 1.807) is 0 Å². The van der Waals surface area contributed by atoms with Crippen LogP contribution in [0.1, 0.15) is 39.0 Å². The third-order valence-electron chi connectivity index (χ3n) is 2.13. The summed E-state index contributed by atoms with van der Waals surface area (Å²) in [5, 5.41) is 3.46. The SMILES string of the molecule is CCCCNCCC1CC1. The van der Waals surface area contributed by atoms with Crippen LogP contribution in [0.2, 0.25) is 0 Å². The molecule has 1 saturated carbocycles. The van der Waals surface area contributed by atoms with E-state index in [9.17, 15) is 0 Å². The number of rotatable bonds is 6. The van der Waals surface area contributed by atoms with Crippen molar-refractivity contribution in [3.05, 3.63) is 0 Å². The summed E-state index contributed by atoms with van der Waals surface area (Å²) in [6, 6.07) is 0. The Bertz CT molecular complexity index is 76.8. The van der Waals surface area contributed by atoms with Crippen LogP contribution in [0.15, 0.2) is 0 Å². The average molecular weight is 141 g/mol. The molecule has 1 N–H and O–H groups in total. The van der Waals surface area contributed by atoms with Crippen LogP contribution in [0.5, 0.6) is 0 Å². The van der Waals surface area contributed by atoms with Crippen LogP contribution < -0.4 is 5.32 Å². The molecular weight excluding hydrogens is 122 g/mol. The maximum absolute atomic E-state index is 3.46. The molecule has 0 bridgehead atoms. The van der Waals surface area contributed by atoms with Gasteiger partial charge in [0.25, 0.3) is 0 Å². The highest BCUT2D eigenvalue weighted by molar-refractivity contribution is 4.73. The fraction of sp³-hybridized carbons (Fsp3) is 1.00. The first-order chi connectivity index (χ1) is 4.93. The van der Waals surface area contributed by atoms with Gasteiger partial charge >= 0.3 is 0 Å². The largest absolute Gasteiger partial charge is 0.317 e. The molecule has 60 valence electrons. The quantitative estimate of drug-likeness (QED) is 0.559. The number of hydrogen-bond acceptors (Lipinski definition) is 1. The van der Waals surface area contributed by atoms with Crippen LogP contribution in [-0.4, -0.2) is 13.1 Å². The summed E-state index contributed by atoms with van der Waals surface area (Å²) in [5.41, 5.74) is 0. The van der Waals surface area contributed by atoms with Crippen molar-refractivity contribution in [2.24, 2.45) is 5.92 Å². The lowest BCUT2D eigenvalue weighted by atomic mass is 10.3. The van der Waals surface area contributed by atoms with Crippen molar-refractivity contribution in [1.29, 1.82) is 0 Å². The van der Waals surface area contributed by atoms with E-state index in [1.165, 1.54) is 45.2 Å². The van der Waals surface area contributed by atoms with E-state index >= 15 is 0 Å². The molecule has 10 heavy (non-hydrogen) atoms. The standard InChI is InChI=1S/C9H19N/c1-2-3-7-10-8-6-9-4-5-9/h9-10H,2-8H2,1H3. The summed E-state index contributed by atoms with van der Waals surface area (Å²) in [4.78, 5) is 0. The molecule has 1 aliphatic carbocycles. The van der Waals surface area contributed by atoms with Crippen molar-refractivity contribution in [3.63, 3.8) is 0 Å². The summed E-state index contributed by atoms with van der Waals surface area (Å²) < 4.78 is 0. The molecule has 0 aliphatic heterocycles. The first-order valence-corrected chi connectivity index (χ1v) is 4.64. The topological polar surface area (TPSA) is 12.0 Å². The Labute approximate surface area is 64.2 Å². The molecule has 1 nitrogen and oxygen atoms in total. The van der Waals surface area contributed by atoms with Gasteiger partial charge in [-0.2, -0.15) is 0 Å². The fourth-order valence-corrected chi connectivity index (χ4v) is 1.14. The van der Waals surface area contributed by atoms with Gasteiger partial charge in [-0.05, 0) is 31.8 Å². The van der Waals surface area contributed by atoms with Gasteiger partial charge in [0.2, 0.25) is 0 Å². The molecule has 0 aromatic rings. The van der Waals surface area contributed by atoms with Crippen LogP contribution in [0, 0.1) is 5.92 Å². The Hall–Kier alpha value is -0.0400. The summed E-state index contributed by atoms with van der Waals surface area (Å²) in [6.07, 6.45) is 7.07. The van der Waals surface area contributed by atoms with Gasteiger partial charge in [0.1, 0.15) is 0 Å². The molecule has 0 heterocycles. The number of unbranched alkanes of at least 4 members (excludes halogenated alkanes) is 1. The fourth-order valence-electron chi connectivity index (χ4n) is 1.14. The number of nitrogens with one attached hydrogen (secondary N) is 1. The monoisotopic (exact) mass is 141 g/mol. The molecule has 0 saturated heterocycles. The van der Waals surface area contributed by atoms with Crippen LogP contribution in [0.3, 0.4) is 0 Å². The van der Waals surface area contributed by atoms with E-state index in [4.69, 9.17) is 0 Å². The predicted molar refractivity (Wildman–Crippen MR) is 45.1 cm³/mol. The molecule has 0 radical (unpaired) electrons. The van der Waals surface area contributed by atoms with Gasteiger partial charge in [-0.15, -0.1) is 0 Å². The predicted octanol–water partition coefficient (Wildman–Crippen LogP) is 2.18. The average Bonchev–Trinajstić information content (AvgIpc) is 2.71. The van der Waals surface area contributed by atoms with E-state index in [0.717, 1.165) is 5.92 Å². The highest BCUT2D eigenvalue weighted by Gasteiger charge is 2.19. The highest BCUT2D eigenvalue weighted by atomic mass is 14.8.